The van der Waals surface area contributed by atoms with Crippen molar-refractivity contribution in [2.45, 2.75) is 12.9 Å². The van der Waals surface area contributed by atoms with Crippen LogP contribution in [0.5, 0.6) is 5.75 Å². The number of ether oxygens (including phenoxy) is 1. The summed E-state index contributed by atoms with van der Waals surface area (Å²) in [6.07, 6.45) is 0.259. The van der Waals surface area contributed by atoms with Gasteiger partial charge in [0.15, 0.2) is 0 Å². The number of nitrogens with one attached hydrogen (secondary N) is 2. The molecule has 0 saturated heterocycles. The van der Waals surface area contributed by atoms with Gasteiger partial charge in [-0.25, -0.2) is 4.39 Å². The fraction of sp³-hybridized carbons (Fsp3) is 0.125. The molecule has 2 heterocycles. The Balaban J connectivity index is 0.00000361. The second-order valence-electron chi connectivity index (χ2n) is 7.53. The Hall–Kier alpha value is -4.12. The van der Waals surface area contributed by atoms with Gasteiger partial charge in [-0.15, -0.1) is 25.6 Å². The van der Waals surface area contributed by atoms with Gasteiger partial charge in [0.05, 0.1) is 11.4 Å². The maximum Gasteiger partial charge on any atom is 0.573 e. The second-order valence-corrected chi connectivity index (χ2v) is 7.53. The summed E-state index contributed by atoms with van der Waals surface area (Å²) in [7, 11) is 1.81. The average molecular weight is 522 g/mol. The van der Waals surface area contributed by atoms with Crippen molar-refractivity contribution in [3.05, 3.63) is 90.1 Å². The topological polar surface area (TPSA) is 81.1 Å². The van der Waals surface area contributed by atoms with Gasteiger partial charge < -0.3 is 15.4 Å². The molecular formula is C24H20ClF4N5O2. The number of carbonyl (C=O) groups excluding carboxylic acids is 1. The number of nitrogens with zero attached hydrogens (tertiary/aromatic N) is 3. The van der Waals surface area contributed by atoms with Crippen molar-refractivity contribution in [3.8, 4) is 17.0 Å². The number of benzene rings is 2. The largest absolute Gasteiger partial charge is 0.573 e. The molecule has 0 spiro atoms. The van der Waals surface area contributed by atoms with Crippen LogP contribution in [0.2, 0.25) is 0 Å². The Morgan fingerprint density at radius 1 is 1.08 bits per heavy atom. The number of rotatable bonds is 7. The van der Waals surface area contributed by atoms with Crippen LogP contribution < -0.4 is 15.4 Å². The van der Waals surface area contributed by atoms with Crippen LogP contribution in [0.4, 0.5) is 28.9 Å². The number of amides is 1. The molecule has 1 amide bonds. The third-order valence-electron chi connectivity index (χ3n) is 4.84. The highest BCUT2D eigenvalue weighted by Gasteiger charge is 2.31. The van der Waals surface area contributed by atoms with Crippen molar-refractivity contribution in [1.82, 2.24) is 14.8 Å². The molecule has 2 aromatic heterocycles. The zero-order valence-electron chi connectivity index (χ0n) is 18.7. The fourth-order valence-electron chi connectivity index (χ4n) is 3.27. The van der Waals surface area contributed by atoms with Crippen LogP contribution in [0.25, 0.3) is 11.3 Å². The van der Waals surface area contributed by atoms with Crippen LogP contribution in [0.3, 0.4) is 0 Å². The summed E-state index contributed by atoms with van der Waals surface area (Å²) in [5.74, 6) is -1.68. The third-order valence-corrected chi connectivity index (χ3v) is 4.84. The molecule has 0 bridgehead atoms. The Morgan fingerprint density at radius 3 is 2.61 bits per heavy atom. The van der Waals surface area contributed by atoms with Gasteiger partial charge >= 0.3 is 6.36 Å². The van der Waals surface area contributed by atoms with E-state index in [1.165, 1.54) is 24.3 Å². The zero-order chi connectivity index (χ0) is 25.0. The summed E-state index contributed by atoms with van der Waals surface area (Å²) in [6, 6.07) is 12.3. The SMILES string of the molecule is Cl.Cn1ccc(-c2cncc(CNc3cc(C(=O)Nc4cccc(OC(F)(F)F)c4)ccc3F)c2)n1. The van der Waals surface area contributed by atoms with Crippen LogP contribution in [0, 0.1) is 5.82 Å². The number of aromatic nitrogens is 3. The Bertz CT molecular complexity index is 1360. The minimum absolute atomic E-state index is 0. The van der Waals surface area contributed by atoms with E-state index < -0.39 is 23.8 Å². The summed E-state index contributed by atoms with van der Waals surface area (Å²) < 4.78 is 57.2. The number of anilines is 2. The van der Waals surface area contributed by atoms with E-state index in [0.717, 1.165) is 35.0 Å². The third kappa shape index (κ3) is 6.95. The molecule has 0 fully saturated rings. The predicted octanol–water partition coefficient (Wildman–Crippen LogP) is 5.81. The van der Waals surface area contributed by atoms with Crippen molar-refractivity contribution in [1.29, 1.82) is 0 Å². The minimum atomic E-state index is -4.85. The summed E-state index contributed by atoms with van der Waals surface area (Å²) in [6.45, 7) is 0.229. The van der Waals surface area contributed by atoms with E-state index in [1.54, 1.807) is 24.1 Å². The van der Waals surface area contributed by atoms with E-state index >= 15 is 0 Å². The van der Waals surface area contributed by atoms with E-state index in [4.69, 9.17) is 0 Å². The maximum atomic E-state index is 14.4. The minimum Gasteiger partial charge on any atom is -0.406 e. The number of alkyl halides is 3. The average Bonchev–Trinajstić information content (AvgIpc) is 3.24. The van der Waals surface area contributed by atoms with E-state index in [9.17, 15) is 22.4 Å². The van der Waals surface area contributed by atoms with Gasteiger partial charge in [-0.2, -0.15) is 5.10 Å². The molecule has 0 aliphatic heterocycles. The molecule has 0 aliphatic rings. The number of pyridine rings is 1. The van der Waals surface area contributed by atoms with Crippen LogP contribution in [-0.2, 0) is 13.6 Å². The first-order valence-electron chi connectivity index (χ1n) is 10.3. The van der Waals surface area contributed by atoms with Gasteiger partial charge in [-0.1, -0.05) is 6.07 Å². The van der Waals surface area contributed by atoms with Crippen LogP contribution >= 0.6 is 12.4 Å². The summed E-state index contributed by atoms with van der Waals surface area (Å²) in [5, 5.41) is 9.75. The van der Waals surface area contributed by atoms with Crippen LogP contribution in [0.1, 0.15) is 15.9 Å². The molecule has 0 radical (unpaired) electrons. The number of halogens is 5. The van der Waals surface area contributed by atoms with E-state index in [2.05, 4.69) is 25.5 Å². The van der Waals surface area contributed by atoms with Gasteiger partial charge in [-0.3, -0.25) is 14.5 Å². The molecule has 4 rings (SSSR count). The first-order valence-corrected chi connectivity index (χ1v) is 10.3. The van der Waals surface area contributed by atoms with Crippen molar-refractivity contribution in [2.24, 2.45) is 7.05 Å². The highest BCUT2D eigenvalue weighted by Crippen LogP contribution is 2.26. The molecule has 188 valence electrons. The molecule has 12 heteroatoms. The van der Waals surface area contributed by atoms with Crippen molar-refractivity contribution >= 4 is 29.7 Å². The van der Waals surface area contributed by atoms with Gasteiger partial charge in [-0.05, 0) is 48.0 Å². The lowest BCUT2D eigenvalue weighted by Gasteiger charge is -2.12. The zero-order valence-corrected chi connectivity index (χ0v) is 19.5. The highest BCUT2D eigenvalue weighted by molar-refractivity contribution is 6.04. The van der Waals surface area contributed by atoms with Crippen LogP contribution in [0.15, 0.2) is 73.2 Å². The number of aryl methyl sites for hydroxylation is 1. The fourth-order valence-corrected chi connectivity index (χ4v) is 3.27. The first-order chi connectivity index (χ1) is 16.7. The molecule has 0 saturated carbocycles. The number of hydrogen-bond donors (Lipinski definition) is 2. The van der Waals surface area contributed by atoms with E-state index in [-0.39, 0.29) is 35.9 Å². The van der Waals surface area contributed by atoms with Crippen LogP contribution in [-0.4, -0.2) is 27.0 Å². The molecule has 0 atom stereocenters. The maximum absolute atomic E-state index is 14.4. The predicted molar refractivity (Wildman–Crippen MR) is 128 cm³/mol. The summed E-state index contributed by atoms with van der Waals surface area (Å²) >= 11 is 0. The number of hydrogen-bond acceptors (Lipinski definition) is 5. The molecule has 7 nitrogen and oxygen atoms in total. The van der Waals surface area contributed by atoms with E-state index in [0.29, 0.717) is 0 Å². The van der Waals surface area contributed by atoms with Gasteiger partial charge in [0, 0.05) is 55.1 Å². The lowest BCUT2D eigenvalue weighted by atomic mass is 10.1. The van der Waals surface area contributed by atoms with Gasteiger partial charge in [0.2, 0.25) is 0 Å². The number of carbonyl (C=O) groups is 1. The Morgan fingerprint density at radius 2 is 1.89 bits per heavy atom. The molecule has 36 heavy (non-hydrogen) atoms. The van der Waals surface area contributed by atoms with E-state index in [1.807, 2.05) is 18.3 Å². The lowest BCUT2D eigenvalue weighted by molar-refractivity contribution is -0.274. The molecule has 0 unspecified atom stereocenters. The van der Waals surface area contributed by atoms with Crippen molar-refractivity contribution in [2.75, 3.05) is 10.6 Å². The highest BCUT2D eigenvalue weighted by atomic mass is 35.5. The smallest absolute Gasteiger partial charge is 0.406 e. The molecule has 2 aromatic carbocycles. The molecule has 0 aliphatic carbocycles. The molecule has 2 N–H and O–H groups in total. The monoisotopic (exact) mass is 521 g/mol. The lowest BCUT2D eigenvalue weighted by Crippen LogP contribution is -2.17. The normalized spacial score (nSPS) is 10.9. The quantitative estimate of drug-likeness (QED) is 0.300. The Labute approximate surface area is 209 Å². The van der Waals surface area contributed by atoms with Gasteiger partial charge in [0.25, 0.3) is 5.91 Å². The van der Waals surface area contributed by atoms with Gasteiger partial charge in [0.1, 0.15) is 11.6 Å². The standard InChI is InChI=1S/C24H19F4N5O2.ClH/c1-33-8-7-21(32-33)17-9-15(12-29-14-17)13-30-22-10-16(5-6-20(22)25)23(34)31-18-3-2-4-19(11-18)35-24(26,27)28;/h2-12,14,30H,13H2,1H3,(H,31,34);1H. The first kappa shape index (κ1) is 26.5. The summed E-state index contributed by atoms with van der Waals surface area (Å²) in [4.78, 5) is 16.8. The van der Waals surface area contributed by atoms with Crippen molar-refractivity contribution < 1.29 is 27.1 Å². The second kappa shape index (κ2) is 11.1. The molecule has 4 aromatic rings. The molecular weight excluding hydrogens is 502 g/mol. The van der Waals surface area contributed by atoms with Crippen molar-refractivity contribution in [3.63, 3.8) is 0 Å². The summed E-state index contributed by atoms with van der Waals surface area (Å²) in [5.41, 5.74) is 2.59. The Kier molecular flexibility index (Phi) is 8.15.